The number of hydrogen-bond donors (Lipinski definition) is 1. The number of ether oxygens (including phenoxy) is 2. The zero-order valence-corrected chi connectivity index (χ0v) is 9.84. The standard InChI is InChI=1S/C12H15NO4/c1-16-9-7-8(3-6-13-9)12(4-5-12)10(14)11(15)17-2/h3,6-7,10,14H,4-5H2,1-2H3. The molecular weight excluding hydrogens is 222 g/mol. The predicted octanol–water partition coefficient (Wildman–Crippen LogP) is 0.656. The van der Waals surface area contributed by atoms with Gasteiger partial charge in [-0.25, -0.2) is 9.78 Å². The molecule has 0 aliphatic heterocycles. The van der Waals surface area contributed by atoms with Gasteiger partial charge in [0, 0.05) is 17.7 Å². The van der Waals surface area contributed by atoms with Gasteiger partial charge >= 0.3 is 5.97 Å². The summed E-state index contributed by atoms with van der Waals surface area (Å²) in [6.07, 6.45) is 2.00. The molecule has 1 aliphatic carbocycles. The molecule has 17 heavy (non-hydrogen) atoms. The van der Waals surface area contributed by atoms with Crippen LogP contribution in [0.1, 0.15) is 18.4 Å². The summed E-state index contributed by atoms with van der Waals surface area (Å²) in [6, 6.07) is 3.54. The molecule has 0 saturated heterocycles. The minimum absolute atomic E-state index is 0.478. The van der Waals surface area contributed by atoms with Gasteiger partial charge < -0.3 is 14.6 Å². The monoisotopic (exact) mass is 237 g/mol. The van der Waals surface area contributed by atoms with E-state index in [1.165, 1.54) is 14.2 Å². The van der Waals surface area contributed by atoms with E-state index >= 15 is 0 Å². The van der Waals surface area contributed by atoms with Gasteiger partial charge in [-0.15, -0.1) is 0 Å². The second kappa shape index (κ2) is 4.33. The van der Waals surface area contributed by atoms with Crippen molar-refractivity contribution in [1.29, 1.82) is 0 Å². The molecular formula is C12H15NO4. The highest BCUT2D eigenvalue weighted by molar-refractivity contribution is 5.77. The normalized spacial score (nSPS) is 18.3. The molecule has 1 aromatic heterocycles. The molecule has 1 N–H and O–H groups in total. The summed E-state index contributed by atoms with van der Waals surface area (Å²) in [6.45, 7) is 0. The maximum Gasteiger partial charge on any atom is 0.335 e. The van der Waals surface area contributed by atoms with Crippen molar-refractivity contribution in [1.82, 2.24) is 4.98 Å². The van der Waals surface area contributed by atoms with E-state index in [-0.39, 0.29) is 0 Å². The third-order valence-corrected chi connectivity index (χ3v) is 3.26. The third-order valence-electron chi connectivity index (χ3n) is 3.26. The number of aliphatic hydroxyl groups is 1. The first kappa shape index (κ1) is 11.9. The van der Waals surface area contributed by atoms with Gasteiger partial charge in [0.1, 0.15) is 0 Å². The molecule has 0 amide bonds. The van der Waals surface area contributed by atoms with Gasteiger partial charge in [-0.2, -0.15) is 0 Å². The van der Waals surface area contributed by atoms with Crippen LogP contribution in [-0.2, 0) is 14.9 Å². The van der Waals surface area contributed by atoms with Crippen LogP contribution in [0, 0.1) is 0 Å². The third kappa shape index (κ3) is 1.98. The van der Waals surface area contributed by atoms with Crippen LogP contribution in [0.15, 0.2) is 18.3 Å². The van der Waals surface area contributed by atoms with Crippen molar-refractivity contribution >= 4 is 5.97 Å². The Morgan fingerprint density at radius 3 is 2.76 bits per heavy atom. The van der Waals surface area contributed by atoms with E-state index in [2.05, 4.69) is 9.72 Å². The van der Waals surface area contributed by atoms with Gasteiger partial charge in [0.15, 0.2) is 6.10 Å². The van der Waals surface area contributed by atoms with Crippen molar-refractivity contribution in [3.8, 4) is 5.88 Å². The highest BCUT2D eigenvalue weighted by Crippen LogP contribution is 2.51. The van der Waals surface area contributed by atoms with Crippen molar-refractivity contribution in [3.63, 3.8) is 0 Å². The number of aliphatic hydroxyl groups excluding tert-OH is 1. The fourth-order valence-corrected chi connectivity index (χ4v) is 2.02. The van der Waals surface area contributed by atoms with Gasteiger partial charge in [0.05, 0.1) is 14.2 Å². The van der Waals surface area contributed by atoms with Crippen LogP contribution < -0.4 is 4.74 Å². The molecule has 1 atom stereocenters. The molecule has 1 aliphatic rings. The number of hydrogen-bond acceptors (Lipinski definition) is 5. The van der Waals surface area contributed by atoms with Crippen LogP contribution in [0.5, 0.6) is 5.88 Å². The maximum absolute atomic E-state index is 11.4. The summed E-state index contributed by atoms with van der Waals surface area (Å²) in [4.78, 5) is 15.4. The number of aromatic nitrogens is 1. The smallest absolute Gasteiger partial charge is 0.335 e. The Labute approximate surface area is 99.4 Å². The number of rotatable bonds is 4. The molecule has 92 valence electrons. The van der Waals surface area contributed by atoms with E-state index < -0.39 is 17.5 Å². The Kier molecular flexibility index (Phi) is 3.02. The largest absolute Gasteiger partial charge is 0.481 e. The minimum Gasteiger partial charge on any atom is -0.481 e. The van der Waals surface area contributed by atoms with Crippen molar-refractivity contribution in [2.45, 2.75) is 24.4 Å². The Morgan fingerprint density at radius 1 is 1.53 bits per heavy atom. The number of methoxy groups -OCH3 is 2. The summed E-state index contributed by atoms with van der Waals surface area (Å²) < 4.78 is 9.62. The zero-order chi connectivity index (χ0) is 12.5. The Bertz CT molecular complexity index is 428. The molecule has 0 radical (unpaired) electrons. The lowest BCUT2D eigenvalue weighted by Gasteiger charge is -2.20. The van der Waals surface area contributed by atoms with Gasteiger partial charge in [0.25, 0.3) is 0 Å². The van der Waals surface area contributed by atoms with E-state index in [1.54, 1.807) is 18.3 Å². The van der Waals surface area contributed by atoms with Gasteiger partial charge in [-0.3, -0.25) is 0 Å². The first-order valence-corrected chi connectivity index (χ1v) is 5.40. The fourth-order valence-electron chi connectivity index (χ4n) is 2.02. The SMILES string of the molecule is COC(=O)C(O)C1(c2ccnc(OC)c2)CC1. The quantitative estimate of drug-likeness (QED) is 0.779. The number of esters is 1. The number of carbonyl (C=O) groups is 1. The average Bonchev–Trinajstić information content (AvgIpc) is 3.18. The lowest BCUT2D eigenvalue weighted by Crippen LogP contribution is -2.35. The Hall–Kier alpha value is -1.62. The van der Waals surface area contributed by atoms with Crippen molar-refractivity contribution < 1.29 is 19.4 Å². The second-order valence-corrected chi connectivity index (χ2v) is 4.17. The van der Waals surface area contributed by atoms with Crippen molar-refractivity contribution in [3.05, 3.63) is 23.9 Å². The van der Waals surface area contributed by atoms with Crippen LogP contribution >= 0.6 is 0 Å². The van der Waals surface area contributed by atoms with Crippen LogP contribution in [-0.4, -0.2) is 36.4 Å². The lowest BCUT2D eigenvalue weighted by atomic mass is 9.90. The van der Waals surface area contributed by atoms with E-state index in [0.717, 1.165) is 18.4 Å². The van der Waals surface area contributed by atoms with E-state index in [0.29, 0.717) is 5.88 Å². The molecule has 0 spiro atoms. The molecule has 2 rings (SSSR count). The van der Waals surface area contributed by atoms with E-state index in [9.17, 15) is 9.90 Å². The predicted molar refractivity (Wildman–Crippen MR) is 59.7 cm³/mol. The fraction of sp³-hybridized carbons (Fsp3) is 0.500. The topological polar surface area (TPSA) is 68.7 Å². The van der Waals surface area contributed by atoms with Gasteiger partial charge in [-0.05, 0) is 24.5 Å². The van der Waals surface area contributed by atoms with E-state index in [1.807, 2.05) is 0 Å². The highest BCUT2D eigenvalue weighted by Gasteiger charge is 2.54. The molecule has 0 bridgehead atoms. The van der Waals surface area contributed by atoms with Gasteiger partial charge in [0.2, 0.25) is 5.88 Å². The molecule has 5 nitrogen and oxygen atoms in total. The zero-order valence-electron chi connectivity index (χ0n) is 9.84. The molecule has 0 aromatic carbocycles. The Morgan fingerprint density at radius 2 is 2.24 bits per heavy atom. The van der Waals surface area contributed by atoms with Gasteiger partial charge in [-0.1, -0.05) is 0 Å². The summed E-state index contributed by atoms with van der Waals surface area (Å²) in [5.74, 6) is -0.121. The maximum atomic E-state index is 11.4. The van der Waals surface area contributed by atoms with Crippen LogP contribution in [0.25, 0.3) is 0 Å². The number of pyridine rings is 1. The molecule has 1 unspecified atom stereocenters. The summed E-state index contributed by atoms with van der Waals surface area (Å²) in [5.41, 5.74) is 0.339. The summed E-state index contributed by atoms with van der Waals surface area (Å²) >= 11 is 0. The second-order valence-electron chi connectivity index (χ2n) is 4.17. The van der Waals surface area contributed by atoms with Crippen LogP contribution in [0.2, 0.25) is 0 Å². The first-order chi connectivity index (χ1) is 8.14. The van der Waals surface area contributed by atoms with Crippen molar-refractivity contribution in [2.24, 2.45) is 0 Å². The molecule has 1 aromatic rings. The first-order valence-electron chi connectivity index (χ1n) is 5.40. The summed E-state index contributed by atoms with van der Waals surface area (Å²) in [7, 11) is 2.80. The highest BCUT2D eigenvalue weighted by atomic mass is 16.5. The molecule has 1 saturated carbocycles. The van der Waals surface area contributed by atoms with Crippen LogP contribution in [0.4, 0.5) is 0 Å². The summed E-state index contributed by atoms with van der Waals surface area (Å²) in [5, 5.41) is 9.99. The average molecular weight is 237 g/mol. The van der Waals surface area contributed by atoms with Crippen molar-refractivity contribution in [2.75, 3.05) is 14.2 Å². The number of nitrogens with zero attached hydrogens (tertiary/aromatic N) is 1. The Balaban J connectivity index is 2.29. The number of carbonyl (C=O) groups excluding carboxylic acids is 1. The van der Waals surface area contributed by atoms with Crippen LogP contribution in [0.3, 0.4) is 0 Å². The molecule has 1 heterocycles. The molecule has 1 fully saturated rings. The lowest BCUT2D eigenvalue weighted by molar-refractivity contribution is -0.152. The van der Waals surface area contributed by atoms with E-state index in [4.69, 9.17) is 4.74 Å². The molecule has 5 heteroatoms. The minimum atomic E-state index is -1.13.